The van der Waals surface area contributed by atoms with E-state index in [-0.39, 0.29) is 4.47 Å². The smallest absolute Gasteiger partial charge is 0.405 e. The SMILES string of the molecule is OC(c1ccc(Br)cc1OC(F)(F)F)C(F)(F)F. The maximum atomic E-state index is 12.2. The van der Waals surface area contributed by atoms with Crippen molar-refractivity contribution in [1.29, 1.82) is 0 Å². The Labute approximate surface area is 105 Å². The number of aliphatic hydroxyl groups is 1. The molecule has 1 atom stereocenters. The fraction of sp³-hybridized carbons (Fsp3) is 0.333. The molecule has 1 N–H and O–H groups in total. The van der Waals surface area contributed by atoms with Gasteiger partial charge in [-0.2, -0.15) is 13.2 Å². The van der Waals surface area contributed by atoms with Crippen molar-refractivity contribution in [2.24, 2.45) is 0 Å². The molecule has 1 unspecified atom stereocenters. The van der Waals surface area contributed by atoms with E-state index in [4.69, 9.17) is 5.11 Å². The van der Waals surface area contributed by atoms with Crippen molar-refractivity contribution in [3.8, 4) is 5.75 Å². The number of ether oxygens (including phenoxy) is 1. The van der Waals surface area contributed by atoms with E-state index in [0.717, 1.165) is 6.07 Å². The van der Waals surface area contributed by atoms with Gasteiger partial charge in [0.1, 0.15) is 5.75 Å². The third-order valence-corrected chi connectivity index (χ3v) is 2.30. The molecule has 18 heavy (non-hydrogen) atoms. The molecule has 1 aromatic rings. The number of alkyl halides is 6. The van der Waals surface area contributed by atoms with Gasteiger partial charge in [-0.25, -0.2) is 0 Å². The van der Waals surface area contributed by atoms with Crippen molar-refractivity contribution < 1.29 is 36.2 Å². The van der Waals surface area contributed by atoms with Crippen LogP contribution in [0.5, 0.6) is 5.75 Å². The lowest BCUT2D eigenvalue weighted by molar-refractivity contribution is -0.276. The minimum absolute atomic E-state index is 0.0832. The predicted molar refractivity (Wildman–Crippen MR) is 51.8 cm³/mol. The Hall–Kier alpha value is -0.960. The van der Waals surface area contributed by atoms with Gasteiger partial charge >= 0.3 is 12.5 Å². The lowest BCUT2D eigenvalue weighted by Crippen LogP contribution is -2.23. The van der Waals surface area contributed by atoms with Crippen LogP contribution in [0.25, 0.3) is 0 Å². The molecule has 1 aromatic carbocycles. The maximum Gasteiger partial charge on any atom is 0.573 e. The second-order valence-electron chi connectivity index (χ2n) is 3.17. The second kappa shape index (κ2) is 4.96. The fourth-order valence-electron chi connectivity index (χ4n) is 1.12. The van der Waals surface area contributed by atoms with Gasteiger partial charge in [-0.1, -0.05) is 22.0 Å². The standard InChI is InChI=1S/C9H5BrF6O2/c10-4-1-2-5(7(17)8(11,12)13)6(3-4)18-9(14,15)16/h1-3,7,17H. The van der Waals surface area contributed by atoms with E-state index >= 15 is 0 Å². The van der Waals surface area contributed by atoms with Crippen LogP contribution in [0.1, 0.15) is 11.7 Å². The molecule has 0 amide bonds. The third-order valence-electron chi connectivity index (χ3n) is 1.81. The van der Waals surface area contributed by atoms with Crippen LogP contribution in [0, 0.1) is 0 Å². The average Bonchev–Trinajstić information content (AvgIpc) is 2.12. The van der Waals surface area contributed by atoms with E-state index in [2.05, 4.69) is 20.7 Å². The number of aliphatic hydroxyl groups excluding tert-OH is 1. The monoisotopic (exact) mass is 338 g/mol. The molecular formula is C9H5BrF6O2. The highest BCUT2D eigenvalue weighted by molar-refractivity contribution is 9.10. The molecule has 0 saturated heterocycles. The van der Waals surface area contributed by atoms with Crippen molar-refractivity contribution in [1.82, 2.24) is 0 Å². The van der Waals surface area contributed by atoms with E-state index in [1.54, 1.807) is 0 Å². The van der Waals surface area contributed by atoms with Gasteiger partial charge in [0.05, 0.1) is 0 Å². The predicted octanol–water partition coefficient (Wildman–Crippen LogP) is 3.94. The number of hydrogen-bond acceptors (Lipinski definition) is 2. The van der Waals surface area contributed by atoms with Gasteiger partial charge in [-0.3, -0.25) is 0 Å². The highest BCUT2D eigenvalue weighted by atomic mass is 79.9. The molecule has 9 heteroatoms. The quantitative estimate of drug-likeness (QED) is 0.827. The second-order valence-corrected chi connectivity index (χ2v) is 4.09. The van der Waals surface area contributed by atoms with E-state index < -0.39 is 30.0 Å². The van der Waals surface area contributed by atoms with Gasteiger partial charge in [0.15, 0.2) is 6.10 Å². The highest BCUT2D eigenvalue weighted by Gasteiger charge is 2.42. The number of hydrogen-bond donors (Lipinski definition) is 1. The molecule has 1 rings (SSSR count). The van der Waals surface area contributed by atoms with Crippen LogP contribution in [0.15, 0.2) is 22.7 Å². The summed E-state index contributed by atoms with van der Waals surface area (Å²) in [5.74, 6) is -1.11. The maximum absolute atomic E-state index is 12.2. The van der Waals surface area contributed by atoms with Crippen molar-refractivity contribution in [2.75, 3.05) is 0 Å². The molecule has 0 saturated carbocycles. The highest BCUT2D eigenvalue weighted by Crippen LogP contribution is 2.39. The summed E-state index contributed by atoms with van der Waals surface area (Å²) in [5, 5.41) is 8.94. The van der Waals surface area contributed by atoms with Gasteiger partial charge in [0, 0.05) is 10.0 Å². The summed E-state index contributed by atoms with van der Waals surface area (Å²) in [5.41, 5.74) is -1.01. The van der Waals surface area contributed by atoms with Crippen LogP contribution in [0.4, 0.5) is 26.3 Å². The molecule has 0 spiro atoms. The van der Waals surface area contributed by atoms with Crippen LogP contribution >= 0.6 is 15.9 Å². The molecule has 2 nitrogen and oxygen atoms in total. The minimum Gasteiger partial charge on any atom is -0.405 e. The normalized spacial score (nSPS) is 14.4. The zero-order valence-electron chi connectivity index (χ0n) is 8.31. The average molecular weight is 339 g/mol. The molecule has 0 heterocycles. The topological polar surface area (TPSA) is 29.5 Å². The molecule has 0 bridgehead atoms. The van der Waals surface area contributed by atoms with E-state index in [0.29, 0.717) is 12.1 Å². The van der Waals surface area contributed by atoms with Gasteiger partial charge in [0.25, 0.3) is 0 Å². The first-order valence-electron chi connectivity index (χ1n) is 4.30. The van der Waals surface area contributed by atoms with Crippen molar-refractivity contribution in [3.05, 3.63) is 28.2 Å². The van der Waals surface area contributed by atoms with Crippen LogP contribution < -0.4 is 4.74 Å². The molecule has 0 aromatic heterocycles. The van der Waals surface area contributed by atoms with Crippen LogP contribution in [-0.4, -0.2) is 17.6 Å². The van der Waals surface area contributed by atoms with Gasteiger partial charge in [-0.05, 0) is 12.1 Å². The molecule has 0 aliphatic rings. The minimum atomic E-state index is -5.15. The van der Waals surface area contributed by atoms with Crippen molar-refractivity contribution in [3.63, 3.8) is 0 Å². The lowest BCUT2D eigenvalue weighted by atomic mass is 10.1. The molecule has 0 aliphatic heterocycles. The largest absolute Gasteiger partial charge is 0.573 e. The Morgan fingerprint density at radius 1 is 1.11 bits per heavy atom. The van der Waals surface area contributed by atoms with Gasteiger partial charge in [0.2, 0.25) is 0 Å². The lowest BCUT2D eigenvalue weighted by Gasteiger charge is -2.19. The first kappa shape index (κ1) is 15.1. The van der Waals surface area contributed by atoms with E-state index in [9.17, 15) is 26.3 Å². The zero-order chi connectivity index (χ0) is 14.1. The molecule has 0 fully saturated rings. The van der Waals surface area contributed by atoms with Crippen molar-refractivity contribution in [2.45, 2.75) is 18.6 Å². The number of benzene rings is 1. The summed E-state index contributed by atoms with van der Waals surface area (Å²) >= 11 is 2.79. The number of halogens is 7. The van der Waals surface area contributed by atoms with E-state index in [1.165, 1.54) is 0 Å². The Morgan fingerprint density at radius 3 is 2.11 bits per heavy atom. The van der Waals surface area contributed by atoms with Crippen LogP contribution in [0.3, 0.4) is 0 Å². The molecule has 0 aliphatic carbocycles. The van der Waals surface area contributed by atoms with Crippen LogP contribution in [0.2, 0.25) is 0 Å². The summed E-state index contributed by atoms with van der Waals surface area (Å²) in [6, 6.07) is 2.45. The summed E-state index contributed by atoms with van der Waals surface area (Å²) < 4.78 is 76.3. The van der Waals surface area contributed by atoms with Crippen molar-refractivity contribution >= 4 is 15.9 Å². The Morgan fingerprint density at radius 2 is 1.67 bits per heavy atom. The van der Waals surface area contributed by atoms with E-state index in [1.807, 2.05) is 0 Å². The zero-order valence-corrected chi connectivity index (χ0v) is 9.90. The first-order valence-corrected chi connectivity index (χ1v) is 5.10. The number of rotatable bonds is 2. The van der Waals surface area contributed by atoms with Gasteiger partial charge in [-0.15, -0.1) is 13.2 Å². The summed E-state index contributed by atoms with van der Waals surface area (Å²) in [7, 11) is 0. The first-order chi connectivity index (χ1) is 8.00. The third kappa shape index (κ3) is 4.05. The summed E-state index contributed by atoms with van der Waals surface area (Å²) in [6.07, 6.45) is -13.3. The Kier molecular flexibility index (Phi) is 4.16. The molecule has 102 valence electrons. The van der Waals surface area contributed by atoms with Gasteiger partial charge < -0.3 is 9.84 Å². The summed E-state index contributed by atoms with van der Waals surface area (Å²) in [6.45, 7) is 0. The Bertz CT molecular complexity index is 428. The fourth-order valence-corrected chi connectivity index (χ4v) is 1.46. The molecule has 0 radical (unpaired) electrons. The summed E-state index contributed by atoms with van der Waals surface area (Å²) in [4.78, 5) is 0. The van der Waals surface area contributed by atoms with Crippen LogP contribution in [-0.2, 0) is 0 Å². The molecular weight excluding hydrogens is 334 g/mol. The Balaban J connectivity index is 3.19.